The van der Waals surface area contributed by atoms with Crippen molar-refractivity contribution >= 4 is 11.8 Å². The summed E-state index contributed by atoms with van der Waals surface area (Å²) in [4.78, 5) is 19.4. The molecule has 0 radical (unpaired) electrons. The van der Waals surface area contributed by atoms with Crippen molar-refractivity contribution < 1.29 is 0 Å². The highest BCUT2D eigenvalue weighted by molar-refractivity contribution is 7.98. The Morgan fingerprint density at radius 3 is 2.78 bits per heavy atom. The number of benzene rings is 1. The monoisotopic (exact) mass is 258 g/mol. The second-order valence-electron chi connectivity index (χ2n) is 4.38. The Bertz CT molecular complexity index is 631. The van der Waals surface area contributed by atoms with E-state index < -0.39 is 0 Å². The summed E-state index contributed by atoms with van der Waals surface area (Å²) in [5.41, 5.74) is 4.06. The van der Waals surface area contributed by atoms with E-state index >= 15 is 0 Å². The Morgan fingerprint density at radius 1 is 1.28 bits per heavy atom. The minimum absolute atomic E-state index is 0.0135. The molecule has 0 unspecified atom stereocenters. The number of fused-ring (bicyclic) bond motifs is 1. The molecule has 2 heterocycles. The van der Waals surface area contributed by atoms with Gasteiger partial charge < -0.3 is 4.98 Å². The summed E-state index contributed by atoms with van der Waals surface area (Å²) in [5, 5.41) is 0. The third-order valence-corrected chi connectivity index (χ3v) is 4.19. The number of rotatable bonds is 2. The highest BCUT2D eigenvalue weighted by atomic mass is 32.2. The van der Waals surface area contributed by atoms with Gasteiger partial charge in [-0.15, -0.1) is 0 Å². The zero-order valence-corrected chi connectivity index (χ0v) is 11.0. The van der Waals surface area contributed by atoms with Crippen LogP contribution in [0.15, 0.2) is 29.1 Å². The molecule has 1 aromatic heterocycles. The van der Waals surface area contributed by atoms with Crippen LogP contribution in [-0.4, -0.2) is 9.97 Å². The molecule has 1 aromatic carbocycles. The highest BCUT2D eigenvalue weighted by Crippen LogP contribution is 2.26. The Balaban J connectivity index is 2.06. The maximum Gasteiger partial charge on any atom is 0.255 e. The number of H-pyrrole nitrogens is 1. The molecule has 3 nitrogen and oxygen atoms in total. The van der Waals surface area contributed by atoms with Crippen LogP contribution in [0, 0.1) is 0 Å². The van der Waals surface area contributed by atoms with Crippen LogP contribution in [0.4, 0.5) is 0 Å². The number of nitrogens with zero attached hydrogens (tertiary/aromatic N) is 1. The van der Waals surface area contributed by atoms with E-state index in [0.717, 1.165) is 34.7 Å². The van der Waals surface area contributed by atoms with Crippen molar-refractivity contribution in [1.82, 2.24) is 9.97 Å². The van der Waals surface area contributed by atoms with Gasteiger partial charge in [0.05, 0.1) is 5.69 Å². The first-order valence-electron chi connectivity index (χ1n) is 6.07. The lowest BCUT2D eigenvalue weighted by Gasteiger charge is -2.04. The molecule has 0 aliphatic carbocycles. The van der Waals surface area contributed by atoms with Gasteiger partial charge in [-0.2, -0.15) is 11.8 Å². The zero-order valence-electron chi connectivity index (χ0n) is 10.2. The molecule has 1 aliphatic rings. The van der Waals surface area contributed by atoms with Gasteiger partial charge in [0.25, 0.3) is 5.56 Å². The Labute approximate surface area is 110 Å². The predicted molar refractivity (Wildman–Crippen MR) is 74.7 cm³/mol. The molecule has 2 aromatic rings. The molecule has 92 valence electrons. The number of thioether (sulfide) groups is 1. The van der Waals surface area contributed by atoms with Gasteiger partial charge in [-0.05, 0) is 12.0 Å². The molecule has 0 fully saturated rings. The smallest absolute Gasteiger partial charge is 0.255 e. The van der Waals surface area contributed by atoms with E-state index in [1.807, 2.05) is 12.1 Å². The van der Waals surface area contributed by atoms with Crippen molar-refractivity contribution in [2.24, 2.45) is 0 Å². The van der Waals surface area contributed by atoms with Crippen LogP contribution >= 0.6 is 11.8 Å². The Hall–Kier alpha value is -1.55. The van der Waals surface area contributed by atoms with Crippen molar-refractivity contribution in [1.29, 1.82) is 0 Å². The maximum absolute atomic E-state index is 11.9. The summed E-state index contributed by atoms with van der Waals surface area (Å²) in [6.07, 6.45) is 1.02. The molecule has 18 heavy (non-hydrogen) atoms. The normalized spacial score (nSPS) is 13.6. The van der Waals surface area contributed by atoms with Gasteiger partial charge in [0, 0.05) is 22.6 Å². The second-order valence-corrected chi connectivity index (χ2v) is 5.37. The summed E-state index contributed by atoms with van der Waals surface area (Å²) in [5.74, 6) is 2.32. The van der Waals surface area contributed by atoms with E-state index in [0.29, 0.717) is 5.82 Å². The number of aryl methyl sites for hydroxylation is 1. The van der Waals surface area contributed by atoms with Crippen LogP contribution in [0.5, 0.6) is 0 Å². The number of hydrogen-bond acceptors (Lipinski definition) is 3. The van der Waals surface area contributed by atoms with Crippen molar-refractivity contribution in [3.05, 3.63) is 51.4 Å². The lowest BCUT2D eigenvalue weighted by molar-refractivity contribution is 1.03. The molecule has 0 amide bonds. The SMILES string of the molecule is CCc1ccc(-c2nc3c(c(=O)[nH]2)CSC3)cc1. The van der Waals surface area contributed by atoms with Gasteiger partial charge in [-0.3, -0.25) is 4.79 Å². The number of nitrogens with one attached hydrogen (secondary N) is 1. The molecular formula is C14H14N2OS. The summed E-state index contributed by atoms with van der Waals surface area (Å²) < 4.78 is 0. The van der Waals surface area contributed by atoms with Crippen LogP contribution in [0.1, 0.15) is 23.7 Å². The Kier molecular flexibility index (Phi) is 2.96. The fourth-order valence-corrected chi connectivity index (χ4v) is 3.13. The molecule has 0 saturated carbocycles. The largest absolute Gasteiger partial charge is 0.306 e. The minimum Gasteiger partial charge on any atom is -0.306 e. The Morgan fingerprint density at radius 2 is 2.06 bits per heavy atom. The van der Waals surface area contributed by atoms with E-state index in [-0.39, 0.29) is 5.56 Å². The number of aromatic nitrogens is 2. The molecule has 0 spiro atoms. The third-order valence-electron chi connectivity index (χ3n) is 3.22. The van der Waals surface area contributed by atoms with E-state index in [4.69, 9.17) is 0 Å². The van der Waals surface area contributed by atoms with Gasteiger partial charge in [-0.1, -0.05) is 31.2 Å². The van der Waals surface area contributed by atoms with E-state index in [1.54, 1.807) is 11.8 Å². The molecule has 0 atom stereocenters. The first kappa shape index (κ1) is 11.5. The molecule has 3 rings (SSSR count). The summed E-state index contributed by atoms with van der Waals surface area (Å²) >= 11 is 1.74. The van der Waals surface area contributed by atoms with Crippen LogP contribution < -0.4 is 5.56 Å². The molecular weight excluding hydrogens is 244 g/mol. The maximum atomic E-state index is 11.9. The summed E-state index contributed by atoms with van der Waals surface area (Å²) in [6, 6.07) is 8.20. The second kappa shape index (κ2) is 4.61. The molecule has 1 N–H and O–H groups in total. The van der Waals surface area contributed by atoms with Crippen LogP contribution in [0.25, 0.3) is 11.4 Å². The first-order valence-corrected chi connectivity index (χ1v) is 7.22. The standard InChI is InChI=1S/C14H14N2OS/c1-2-9-3-5-10(6-4-9)13-15-12-8-18-7-11(12)14(17)16-13/h3-6H,2,7-8H2,1H3,(H,15,16,17). The summed E-state index contributed by atoms with van der Waals surface area (Å²) in [7, 11) is 0. The lowest BCUT2D eigenvalue weighted by atomic mass is 10.1. The van der Waals surface area contributed by atoms with E-state index in [9.17, 15) is 4.79 Å². The fourth-order valence-electron chi connectivity index (χ4n) is 2.10. The molecule has 0 saturated heterocycles. The highest BCUT2D eigenvalue weighted by Gasteiger charge is 2.17. The molecule has 1 aliphatic heterocycles. The lowest BCUT2D eigenvalue weighted by Crippen LogP contribution is -2.15. The van der Waals surface area contributed by atoms with Crippen LogP contribution in [0.2, 0.25) is 0 Å². The van der Waals surface area contributed by atoms with Crippen molar-refractivity contribution in [3.8, 4) is 11.4 Å². The average Bonchev–Trinajstić information content (AvgIpc) is 2.88. The molecule has 0 bridgehead atoms. The fraction of sp³-hybridized carbons (Fsp3) is 0.286. The number of hydrogen-bond donors (Lipinski definition) is 1. The van der Waals surface area contributed by atoms with Gasteiger partial charge >= 0.3 is 0 Å². The van der Waals surface area contributed by atoms with Gasteiger partial charge in [0.15, 0.2) is 0 Å². The van der Waals surface area contributed by atoms with Crippen molar-refractivity contribution in [2.45, 2.75) is 24.9 Å². The van der Waals surface area contributed by atoms with Gasteiger partial charge in [0.2, 0.25) is 0 Å². The van der Waals surface area contributed by atoms with Crippen molar-refractivity contribution in [2.75, 3.05) is 0 Å². The minimum atomic E-state index is 0.0135. The van der Waals surface area contributed by atoms with Crippen LogP contribution in [0.3, 0.4) is 0 Å². The number of aromatic amines is 1. The zero-order chi connectivity index (χ0) is 12.5. The van der Waals surface area contributed by atoms with Gasteiger partial charge in [-0.25, -0.2) is 4.98 Å². The predicted octanol–water partition coefficient (Wildman–Crippen LogP) is 2.75. The summed E-state index contributed by atoms with van der Waals surface area (Å²) in [6.45, 7) is 2.13. The average molecular weight is 258 g/mol. The van der Waals surface area contributed by atoms with E-state index in [2.05, 4.69) is 29.0 Å². The van der Waals surface area contributed by atoms with Crippen molar-refractivity contribution in [3.63, 3.8) is 0 Å². The van der Waals surface area contributed by atoms with Crippen LogP contribution in [-0.2, 0) is 17.9 Å². The third kappa shape index (κ3) is 1.97. The van der Waals surface area contributed by atoms with Gasteiger partial charge in [0.1, 0.15) is 5.82 Å². The topological polar surface area (TPSA) is 45.8 Å². The quantitative estimate of drug-likeness (QED) is 0.901. The molecule has 4 heteroatoms. The first-order chi connectivity index (χ1) is 8.78. The van der Waals surface area contributed by atoms with E-state index in [1.165, 1.54) is 5.56 Å².